The van der Waals surface area contributed by atoms with Gasteiger partial charge >= 0.3 is 0 Å². The van der Waals surface area contributed by atoms with Gasteiger partial charge in [-0.25, -0.2) is 0 Å². The highest BCUT2D eigenvalue weighted by Gasteiger charge is 2.09. The van der Waals surface area contributed by atoms with Crippen LogP contribution in [-0.4, -0.2) is 24.9 Å². The van der Waals surface area contributed by atoms with Crippen LogP contribution >= 0.6 is 0 Å². The van der Waals surface area contributed by atoms with E-state index in [0.717, 1.165) is 12.8 Å². The van der Waals surface area contributed by atoms with Crippen LogP contribution in [0.5, 0.6) is 0 Å². The number of benzene rings is 1. The van der Waals surface area contributed by atoms with Gasteiger partial charge in [-0.1, -0.05) is 48.8 Å². The van der Waals surface area contributed by atoms with Crippen LogP contribution in [0.25, 0.3) is 10.4 Å². The Hall–Kier alpha value is -1.84. The monoisotopic (exact) mass is 246 g/mol. The van der Waals surface area contributed by atoms with Gasteiger partial charge in [0, 0.05) is 23.1 Å². The van der Waals surface area contributed by atoms with Crippen LogP contribution in [0.2, 0.25) is 0 Å². The van der Waals surface area contributed by atoms with Crippen molar-refractivity contribution in [2.24, 2.45) is 5.11 Å². The van der Waals surface area contributed by atoms with Crippen molar-refractivity contribution in [3.8, 4) is 0 Å². The lowest BCUT2D eigenvalue weighted by molar-refractivity contribution is 0.0987. The molecule has 0 aliphatic heterocycles. The van der Waals surface area contributed by atoms with Gasteiger partial charge in [0.15, 0.2) is 5.78 Å². The molecule has 5 heteroatoms. The lowest BCUT2D eigenvalue weighted by Crippen LogP contribution is -2.35. The van der Waals surface area contributed by atoms with Crippen molar-refractivity contribution in [3.05, 3.63) is 46.3 Å². The maximum Gasteiger partial charge on any atom is 0.176 e. The summed E-state index contributed by atoms with van der Waals surface area (Å²) >= 11 is 0. The smallest absolute Gasteiger partial charge is 0.176 e. The lowest BCUT2D eigenvalue weighted by Gasteiger charge is -2.14. The SMILES string of the molecule is CCC[C@@H](CN=[N+]=[N-])NCC(=O)c1ccccc1. The summed E-state index contributed by atoms with van der Waals surface area (Å²) in [5.41, 5.74) is 9.00. The Morgan fingerprint density at radius 2 is 2.17 bits per heavy atom. The Morgan fingerprint density at radius 1 is 1.44 bits per heavy atom. The van der Waals surface area contributed by atoms with Crippen molar-refractivity contribution < 1.29 is 4.79 Å². The van der Waals surface area contributed by atoms with Crippen LogP contribution < -0.4 is 5.32 Å². The van der Waals surface area contributed by atoms with E-state index < -0.39 is 0 Å². The van der Waals surface area contributed by atoms with Crippen LogP contribution in [0.1, 0.15) is 30.1 Å². The molecular weight excluding hydrogens is 228 g/mol. The fourth-order valence-corrected chi connectivity index (χ4v) is 1.70. The molecule has 1 aromatic rings. The van der Waals surface area contributed by atoms with Gasteiger partial charge in [0.2, 0.25) is 0 Å². The number of hydrogen-bond donors (Lipinski definition) is 1. The first-order valence-corrected chi connectivity index (χ1v) is 6.10. The molecule has 0 bridgehead atoms. The number of azide groups is 1. The molecule has 0 aliphatic rings. The number of rotatable bonds is 8. The van der Waals surface area contributed by atoms with E-state index in [9.17, 15) is 4.79 Å². The van der Waals surface area contributed by atoms with Crippen molar-refractivity contribution in [2.75, 3.05) is 13.1 Å². The van der Waals surface area contributed by atoms with E-state index in [1.165, 1.54) is 0 Å². The predicted molar refractivity (Wildman–Crippen MR) is 71.5 cm³/mol. The van der Waals surface area contributed by atoms with Crippen LogP contribution in [0.15, 0.2) is 35.4 Å². The third-order valence-electron chi connectivity index (χ3n) is 2.65. The molecule has 0 radical (unpaired) electrons. The molecule has 0 aromatic heterocycles. The summed E-state index contributed by atoms with van der Waals surface area (Å²) in [6.07, 6.45) is 1.87. The number of ketones is 1. The van der Waals surface area contributed by atoms with Crippen molar-refractivity contribution in [3.63, 3.8) is 0 Å². The summed E-state index contributed by atoms with van der Waals surface area (Å²) in [5.74, 6) is 0.0534. The van der Waals surface area contributed by atoms with E-state index in [1.54, 1.807) is 12.1 Å². The van der Waals surface area contributed by atoms with Crippen LogP contribution in [-0.2, 0) is 0 Å². The fourth-order valence-electron chi connectivity index (χ4n) is 1.70. The highest BCUT2D eigenvalue weighted by molar-refractivity contribution is 5.97. The quantitative estimate of drug-likeness (QED) is 0.331. The van der Waals surface area contributed by atoms with E-state index in [-0.39, 0.29) is 18.4 Å². The topological polar surface area (TPSA) is 77.9 Å². The first-order chi connectivity index (χ1) is 8.77. The fraction of sp³-hybridized carbons (Fsp3) is 0.462. The second kappa shape index (κ2) is 8.28. The molecule has 96 valence electrons. The normalized spacial score (nSPS) is 11.6. The summed E-state index contributed by atoms with van der Waals surface area (Å²) < 4.78 is 0. The van der Waals surface area contributed by atoms with E-state index in [1.807, 2.05) is 18.2 Å². The highest BCUT2D eigenvalue weighted by Crippen LogP contribution is 2.01. The molecule has 1 rings (SSSR count). The van der Waals surface area contributed by atoms with Gasteiger partial charge in [0.25, 0.3) is 0 Å². The number of carbonyl (C=O) groups is 1. The third-order valence-corrected chi connectivity index (χ3v) is 2.65. The molecule has 0 amide bonds. The summed E-state index contributed by atoms with van der Waals surface area (Å²) in [7, 11) is 0. The van der Waals surface area contributed by atoms with E-state index >= 15 is 0 Å². The molecular formula is C13H18N4O. The van der Waals surface area contributed by atoms with Gasteiger partial charge < -0.3 is 5.32 Å². The predicted octanol–water partition coefficient (Wildman–Crippen LogP) is 2.94. The molecule has 0 fully saturated rings. The molecule has 5 nitrogen and oxygen atoms in total. The standard InChI is InChI=1S/C13H18N4O/c1-2-6-12(9-16-17-14)15-10-13(18)11-7-4-3-5-8-11/h3-5,7-8,12,15H,2,6,9-10H2,1H3/t12-/m0/s1. The third kappa shape index (κ3) is 4.99. The molecule has 0 saturated heterocycles. The van der Waals surface area contributed by atoms with Gasteiger partial charge in [-0.15, -0.1) is 0 Å². The van der Waals surface area contributed by atoms with Gasteiger partial charge in [0.1, 0.15) is 0 Å². The molecule has 0 unspecified atom stereocenters. The zero-order valence-electron chi connectivity index (χ0n) is 10.5. The lowest BCUT2D eigenvalue weighted by atomic mass is 10.1. The van der Waals surface area contributed by atoms with Gasteiger partial charge in [0.05, 0.1) is 6.54 Å². The zero-order chi connectivity index (χ0) is 13.2. The average molecular weight is 246 g/mol. The van der Waals surface area contributed by atoms with Gasteiger partial charge in [-0.2, -0.15) is 0 Å². The van der Waals surface area contributed by atoms with E-state index in [0.29, 0.717) is 12.1 Å². The summed E-state index contributed by atoms with van der Waals surface area (Å²) in [5, 5.41) is 6.69. The Balaban J connectivity index is 2.46. The minimum atomic E-state index is 0.0534. The van der Waals surface area contributed by atoms with Gasteiger partial charge in [-0.05, 0) is 12.0 Å². The highest BCUT2D eigenvalue weighted by atomic mass is 16.1. The number of nitrogens with zero attached hydrogens (tertiary/aromatic N) is 3. The van der Waals surface area contributed by atoms with Crippen LogP contribution in [0.4, 0.5) is 0 Å². The molecule has 0 saturated carbocycles. The molecule has 1 aromatic carbocycles. The molecule has 0 heterocycles. The van der Waals surface area contributed by atoms with Gasteiger partial charge in [-0.3, -0.25) is 4.79 Å². The van der Waals surface area contributed by atoms with Crippen molar-refractivity contribution in [1.29, 1.82) is 0 Å². The van der Waals surface area contributed by atoms with Crippen LogP contribution in [0, 0.1) is 0 Å². The van der Waals surface area contributed by atoms with E-state index in [4.69, 9.17) is 5.53 Å². The largest absolute Gasteiger partial charge is 0.307 e. The minimum Gasteiger partial charge on any atom is -0.307 e. The van der Waals surface area contributed by atoms with Crippen molar-refractivity contribution in [1.82, 2.24) is 5.32 Å². The molecule has 18 heavy (non-hydrogen) atoms. The maximum absolute atomic E-state index is 11.9. The Bertz CT molecular complexity index is 412. The summed E-state index contributed by atoms with van der Waals surface area (Å²) in [6.45, 7) is 2.71. The molecule has 1 atom stereocenters. The zero-order valence-corrected chi connectivity index (χ0v) is 10.5. The average Bonchev–Trinajstić information content (AvgIpc) is 2.42. The number of Topliss-reactive ketones (excluding diaryl/α,β-unsaturated/α-hetero) is 1. The Kier molecular flexibility index (Phi) is 6.54. The molecule has 0 aliphatic carbocycles. The molecule has 1 N–H and O–H groups in total. The molecule has 0 spiro atoms. The van der Waals surface area contributed by atoms with Crippen LogP contribution in [0.3, 0.4) is 0 Å². The van der Waals surface area contributed by atoms with Crippen molar-refractivity contribution in [2.45, 2.75) is 25.8 Å². The first kappa shape index (κ1) is 14.2. The maximum atomic E-state index is 11.9. The second-order valence-corrected chi connectivity index (χ2v) is 4.07. The number of carbonyl (C=O) groups excluding carboxylic acids is 1. The second-order valence-electron chi connectivity index (χ2n) is 4.07. The number of nitrogens with one attached hydrogen (secondary N) is 1. The summed E-state index contributed by atoms with van der Waals surface area (Å²) in [6, 6.07) is 9.23. The minimum absolute atomic E-state index is 0.0534. The van der Waals surface area contributed by atoms with Crippen molar-refractivity contribution >= 4 is 5.78 Å². The Labute approximate surface area is 107 Å². The Morgan fingerprint density at radius 3 is 2.78 bits per heavy atom. The summed E-state index contributed by atoms with van der Waals surface area (Å²) in [4.78, 5) is 14.6. The number of hydrogen-bond acceptors (Lipinski definition) is 3. The first-order valence-electron chi connectivity index (χ1n) is 6.10. The van der Waals surface area contributed by atoms with E-state index in [2.05, 4.69) is 22.3 Å².